The van der Waals surface area contributed by atoms with Gasteiger partial charge in [0.05, 0.1) is 18.0 Å². The van der Waals surface area contributed by atoms with E-state index in [4.69, 9.17) is 4.74 Å². The van der Waals surface area contributed by atoms with Gasteiger partial charge in [-0.15, -0.1) is 0 Å². The van der Waals surface area contributed by atoms with E-state index in [9.17, 15) is 4.79 Å². The van der Waals surface area contributed by atoms with E-state index in [-0.39, 0.29) is 12.0 Å². The summed E-state index contributed by atoms with van der Waals surface area (Å²) in [6, 6.07) is 0. The molecule has 1 aliphatic carbocycles. The summed E-state index contributed by atoms with van der Waals surface area (Å²) in [4.78, 5) is 15.7. The average molecular weight is 221 g/mol. The number of nitrogens with zero attached hydrogens (tertiary/aromatic N) is 1. The molecule has 1 aromatic rings. The Morgan fingerprint density at radius 3 is 2.75 bits per heavy atom. The first-order valence-corrected chi connectivity index (χ1v) is 5.30. The number of ether oxygens (including phenoxy) is 1. The van der Waals surface area contributed by atoms with Crippen LogP contribution >= 0.6 is 0 Å². The summed E-state index contributed by atoms with van der Waals surface area (Å²) >= 11 is 0. The summed E-state index contributed by atoms with van der Waals surface area (Å²) < 4.78 is 5.74. The molecular weight excluding hydrogens is 206 g/mol. The lowest BCUT2D eigenvalue weighted by Crippen LogP contribution is -2.20. The molecule has 0 aliphatic heterocycles. The van der Waals surface area contributed by atoms with Crippen molar-refractivity contribution in [1.82, 2.24) is 10.3 Å². The van der Waals surface area contributed by atoms with Crippen molar-refractivity contribution in [2.75, 3.05) is 19.4 Å². The topological polar surface area (TPSA) is 63.2 Å². The van der Waals surface area contributed by atoms with Gasteiger partial charge in [0.15, 0.2) is 5.75 Å². The number of hydrogen-bond acceptors (Lipinski definition) is 4. The molecular formula is C11H15N3O2. The number of hydrogen-bond donors (Lipinski definition) is 2. The Morgan fingerprint density at radius 2 is 2.19 bits per heavy atom. The fraction of sp³-hybridized carbons (Fsp3) is 0.455. The van der Waals surface area contributed by atoms with Gasteiger partial charge in [-0.2, -0.15) is 0 Å². The quantitative estimate of drug-likeness (QED) is 0.797. The number of rotatable bonds is 4. The molecule has 0 unspecified atom stereocenters. The van der Waals surface area contributed by atoms with Crippen LogP contribution in [0, 0.1) is 0 Å². The van der Waals surface area contributed by atoms with Crippen LogP contribution in [0.5, 0.6) is 5.75 Å². The summed E-state index contributed by atoms with van der Waals surface area (Å²) in [5, 5.41) is 5.56. The third-order valence-electron chi connectivity index (χ3n) is 2.45. The Bertz CT molecular complexity index is 402. The van der Waals surface area contributed by atoms with Gasteiger partial charge in [-0.25, -0.2) is 0 Å². The molecule has 2 rings (SSSR count). The predicted molar refractivity (Wildman–Crippen MR) is 60.8 cm³/mol. The summed E-state index contributed by atoms with van der Waals surface area (Å²) in [5.74, 6) is 0.416. The van der Waals surface area contributed by atoms with Crippen LogP contribution in [0.3, 0.4) is 0 Å². The van der Waals surface area contributed by atoms with E-state index < -0.39 is 0 Å². The first-order chi connectivity index (χ1) is 7.76. The van der Waals surface area contributed by atoms with Crippen molar-refractivity contribution in [1.29, 1.82) is 0 Å². The first kappa shape index (κ1) is 10.7. The molecule has 1 aromatic heterocycles. The number of amides is 1. The fourth-order valence-electron chi connectivity index (χ4n) is 1.40. The van der Waals surface area contributed by atoms with Gasteiger partial charge in [0, 0.05) is 20.3 Å². The van der Waals surface area contributed by atoms with Crippen molar-refractivity contribution in [2.45, 2.75) is 18.9 Å². The molecule has 2 N–H and O–H groups in total. The Labute approximate surface area is 94.2 Å². The summed E-state index contributed by atoms with van der Waals surface area (Å²) in [5.41, 5.74) is 1.22. The minimum absolute atomic E-state index is 0.180. The highest BCUT2D eigenvalue weighted by Gasteiger charge is 2.27. The average Bonchev–Trinajstić information content (AvgIpc) is 3.12. The van der Waals surface area contributed by atoms with Gasteiger partial charge in [0.25, 0.3) is 5.91 Å². The maximum Gasteiger partial charge on any atom is 0.256 e. The van der Waals surface area contributed by atoms with E-state index in [1.807, 2.05) is 0 Å². The zero-order chi connectivity index (χ0) is 11.5. The van der Waals surface area contributed by atoms with Gasteiger partial charge in [-0.05, 0) is 12.8 Å². The Kier molecular flexibility index (Phi) is 2.94. The summed E-state index contributed by atoms with van der Waals surface area (Å²) in [6.45, 7) is 0. The second-order valence-corrected chi connectivity index (χ2v) is 3.71. The highest BCUT2D eigenvalue weighted by Crippen LogP contribution is 2.34. The van der Waals surface area contributed by atoms with Crippen LogP contribution < -0.4 is 15.4 Å². The molecule has 0 bridgehead atoms. The highest BCUT2D eigenvalue weighted by atomic mass is 16.5. The zero-order valence-corrected chi connectivity index (χ0v) is 9.41. The Morgan fingerprint density at radius 1 is 1.44 bits per heavy atom. The van der Waals surface area contributed by atoms with E-state index in [1.165, 1.54) is 6.20 Å². The van der Waals surface area contributed by atoms with E-state index in [1.54, 1.807) is 20.3 Å². The molecule has 0 atom stereocenters. The molecule has 16 heavy (non-hydrogen) atoms. The number of carbonyl (C=O) groups is 1. The molecule has 0 saturated heterocycles. The lowest BCUT2D eigenvalue weighted by molar-refractivity contribution is 0.0958. The SMILES string of the molecule is CNC(=O)c1cncc(NC)c1OC1CC1. The van der Waals surface area contributed by atoms with Crippen LogP contribution in [0.2, 0.25) is 0 Å². The van der Waals surface area contributed by atoms with Crippen molar-refractivity contribution in [2.24, 2.45) is 0 Å². The van der Waals surface area contributed by atoms with Crippen molar-refractivity contribution in [3.05, 3.63) is 18.0 Å². The molecule has 1 aliphatic rings. The molecule has 1 heterocycles. The van der Waals surface area contributed by atoms with Crippen LogP contribution in [-0.4, -0.2) is 31.1 Å². The number of nitrogens with one attached hydrogen (secondary N) is 2. The maximum absolute atomic E-state index is 11.6. The van der Waals surface area contributed by atoms with Crippen LogP contribution in [0.1, 0.15) is 23.2 Å². The molecule has 0 radical (unpaired) electrons. The van der Waals surface area contributed by atoms with Crippen LogP contribution in [0.4, 0.5) is 5.69 Å². The van der Waals surface area contributed by atoms with Crippen LogP contribution in [0.25, 0.3) is 0 Å². The molecule has 5 nitrogen and oxygen atoms in total. The van der Waals surface area contributed by atoms with Gasteiger partial charge >= 0.3 is 0 Å². The lowest BCUT2D eigenvalue weighted by atomic mass is 10.2. The Balaban J connectivity index is 2.36. The predicted octanol–water partition coefficient (Wildman–Crippen LogP) is 1.02. The van der Waals surface area contributed by atoms with Gasteiger partial charge < -0.3 is 15.4 Å². The summed E-state index contributed by atoms with van der Waals surface area (Å²) in [7, 11) is 3.37. The number of carbonyl (C=O) groups excluding carboxylic acids is 1. The molecule has 0 spiro atoms. The van der Waals surface area contributed by atoms with Crippen molar-refractivity contribution >= 4 is 11.6 Å². The fourth-order valence-corrected chi connectivity index (χ4v) is 1.40. The van der Waals surface area contributed by atoms with Gasteiger partial charge in [-0.3, -0.25) is 9.78 Å². The number of anilines is 1. The maximum atomic E-state index is 11.6. The second kappa shape index (κ2) is 4.38. The third kappa shape index (κ3) is 2.08. The van der Waals surface area contributed by atoms with Crippen LogP contribution in [-0.2, 0) is 0 Å². The van der Waals surface area contributed by atoms with Gasteiger partial charge in [0.2, 0.25) is 0 Å². The standard InChI is InChI=1S/C11H15N3O2/c1-12-9-6-14-5-8(11(15)13-2)10(9)16-7-3-4-7/h5-7,12H,3-4H2,1-2H3,(H,13,15). The highest BCUT2D eigenvalue weighted by molar-refractivity contribution is 5.98. The molecule has 5 heteroatoms. The number of aromatic nitrogens is 1. The smallest absolute Gasteiger partial charge is 0.256 e. The molecule has 0 aromatic carbocycles. The van der Waals surface area contributed by atoms with E-state index in [0.29, 0.717) is 11.3 Å². The van der Waals surface area contributed by atoms with E-state index in [0.717, 1.165) is 18.5 Å². The molecule has 1 fully saturated rings. The van der Waals surface area contributed by atoms with E-state index in [2.05, 4.69) is 15.6 Å². The number of pyridine rings is 1. The molecule has 86 valence electrons. The Hall–Kier alpha value is -1.78. The first-order valence-electron chi connectivity index (χ1n) is 5.30. The minimum Gasteiger partial charge on any atom is -0.487 e. The van der Waals surface area contributed by atoms with E-state index >= 15 is 0 Å². The monoisotopic (exact) mass is 221 g/mol. The van der Waals surface area contributed by atoms with Crippen molar-refractivity contribution in [3.63, 3.8) is 0 Å². The van der Waals surface area contributed by atoms with Gasteiger partial charge in [-0.1, -0.05) is 0 Å². The zero-order valence-electron chi connectivity index (χ0n) is 9.41. The van der Waals surface area contributed by atoms with Gasteiger partial charge in [0.1, 0.15) is 5.56 Å². The van der Waals surface area contributed by atoms with Crippen LogP contribution in [0.15, 0.2) is 12.4 Å². The molecule has 1 amide bonds. The normalized spacial score (nSPS) is 14.4. The third-order valence-corrected chi connectivity index (χ3v) is 2.45. The molecule has 1 saturated carbocycles. The summed E-state index contributed by atoms with van der Waals surface area (Å²) in [6.07, 6.45) is 5.54. The largest absolute Gasteiger partial charge is 0.487 e. The lowest BCUT2D eigenvalue weighted by Gasteiger charge is -2.13. The van der Waals surface area contributed by atoms with Crippen molar-refractivity contribution < 1.29 is 9.53 Å². The second-order valence-electron chi connectivity index (χ2n) is 3.71. The minimum atomic E-state index is -0.180. The van der Waals surface area contributed by atoms with Crippen molar-refractivity contribution in [3.8, 4) is 5.75 Å².